The minimum atomic E-state index is -3.36. The molecular weight excluding hydrogens is 226 g/mol. The van der Waals surface area contributed by atoms with Crippen LogP contribution in [0.15, 0.2) is 0 Å². The summed E-state index contributed by atoms with van der Waals surface area (Å²) in [6.45, 7) is 6.43. The highest BCUT2D eigenvalue weighted by Crippen LogP contribution is 2.19. The van der Waals surface area contributed by atoms with Crippen LogP contribution >= 0.6 is 0 Å². The summed E-state index contributed by atoms with van der Waals surface area (Å²) in [6, 6.07) is 0.0899. The molecule has 0 aromatic rings. The van der Waals surface area contributed by atoms with E-state index < -0.39 is 15.7 Å². The van der Waals surface area contributed by atoms with Gasteiger partial charge in [0.2, 0.25) is 0 Å². The first kappa shape index (κ1) is 13.9. The highest BCUT2D eigenvalue weighted by Gasteiger charge is 2.30. The van der Waals surface area contributed by atoms with Gasteiger partial charge in [-0.2, -0.15) is 12.7 Å². The lowest BCUT2D eigenvalue weighted by Crippen LogP contribution is -2.52. The molecule has 1 aliphatic rings. The van der Waals surface area contributed by atoms with Crippen LogP contribution < -0.4 is 10.5 Å². The third-order valence-corrected chi connectivity index (χ3v) is 4.43. The summed E-state index contributed by atoms with van der Waals surface area (Å²) in [7, 11) is -3.36. The molecule has 1 heterocycles. The third-order valence-electron chi connectivity index (χ3n) is 2.76. The molecule has 0 amide bonds. The van der Waals surface area contributed by atoms with Crippen molar-refractivity contribution in [3.63, 3.8) is 0 Å². The maximum absolute atomic E-state index is 12.0. The van der Waals surface area contributed by atoms with Crippen molar-refractivity contribution in [3.8, 4) is 0 Å². The maximum atomic E-state index is 12.0. The SMILES string of the molecule is CC1CCCCN1S(=O)(=O)NCC(C)(C)N. The summed E-state index contributed by atoms with van der Waals surface area (Å²) in [4.78, 5) is 0. The number of rotatable bonds is 4. The van der Waals surface area contributed by atoms with E-state index >= 15 is 0 Å². The second-order valence-corrected chi connectivity index (χ2v) is 6.98. The normalized spacial score (nSPS) is 24.6. The van der Waals surface area contributed by atoms with Crippen LogP contribution in [0.5, 0.6) is 0 Å². The number of hydrogen-bond donors (Lipinski definition) is 2. The average Bonchev–Trinajstić information content (AvgIpc) is 2.14. The summed E-state index contributed by atoms with van der Waals surface area (Å²) >= 11 is 0. The monoisotopic (exact) mass is 249 g/mol. The van der Waals surface area contributed by atoms with Gasteiger partial charge in [0.15, 0.2) is 0 Å². The summed E-state index contributed by atoms with van der Waals surface area (Å²) in [6.07, 6.45) is 2.99. The largest absolute Gasteiger partial charge is 0.324 e. The lowest BCUT2D eigenvalue weighted by Gasteiger charge is -2.33. The Bertz CT molecular complexity index is 321. The van der Waals surface area contributed by atoms with E-state index in [9.17, 15) is 8.42 Å². The molecule has 0 radical (unpaired) electrons. The standard InChI is InChI=1S/C10H23N3O2S/c1-9-6-4-5-7-13(9)16(14,15)12-8-10(2,3)11/h9,12H,4-8,11H2,1-3H3. The van der Waals surface area contributed by atoms with Gasteiger partial charge in [0.25, 0.3) is 10.2 Å². The maximum Gasteiger partial charge on any atom is 0.279 e. The van der Waals surface area contributed by atoms with Gasteiger partial charge in [-0.3, -0.25) is 0 Å². The Morgan fingerprint density at radius 1 is 1.44 bits per heavy atom. The molecule has 0 saturated carbocycles. The van der Waals surface area contributed by atoms with Gasteiger partial charge in [0.1, 0.15) is 0 Å². The Kier molecular flexibility index (Phi) is 4.34. The van der Waals surface area contributed by atoms with Crippen molar-refractivity contribution in [3.05, 3.63) is 0 Å². The molecule has 6 heteroatoms. The average molecular weight is 249 g/mol. The van der Waals surface area contributed by atoms with Crippen LogP contribution in [0.2, 0.25) is 0 Å². The van der Waals surface area contributed by atoms with Gasteiger partial charge in [-0.1, -0.05) is 6.42 Å². The second kappa shape index (κ2) is 5.00. The molecule has 1 atom stereocenters. The van der Waals surface area contributed by atoms with Crippen LogP contribution in [0.1, 0.15) is 40.0 Å². The van der Waals surface area contributed by atoms with Crippen molar-refractivity contribution in [1.82, 2.24) is 9.03 Å². The summed E-state index contributed by atoms with van der Waals surface area (Å²) < 4.78 is 28.1. The predicted octanol–water partition coefficient (Wildman–Crippen LogP) is 0.433. The molecule has 5 nitrogen and oxygen atoms in total. The van der Waals surface area contributed by atoms with Crippen LogP contribution in [0.25, 0.3) is 0 Å². The number of nitrogens with one attached hydrogen (secondary N) is 1. The highest BCUT2D eigenvalue weighted by molar-refractivity contribution is 7.87. The zero-order valence-electron chi connectivity index (χ0n) is 10.4. The van der Waals surface area contributed by atoms with E-state index in [1.165, 1.54) is 0 Å². The Hall–Kier alpha value is -0.170. The van der Waals surface area contributed by atoms with Gasteiger partial charge in [-0.05, 0) is 33.6 Å². The molecule has 1 rings (SSSR count). The summed E-state index contributed by atoms with van der Waals surface area (Å²) in [5.41, 5.74) is 5.24. The van der Waals surface area contributed by atoms with Crippen LogP contribution in [0.4, 0.5) is 0 Å². The molecule has 0 aromatic carbocycles. The van der Waals surface area contributed by atoms with Crippen molar-refractivity contribution in [1.29, 1.82) is 0 Å². The van der Waals surface area contributed by atoms with E-state index in [4.69, 9.17) is 5.73 Å². The van der Waals surface area contributed by atoms with Crippen molar-refractivity contribution >= 4 is 10.2 Å². The van der Waals surface area contributed by atoms with Gasteiger partial charge in [0.05, 0.1) is 0 Å². The van der Waals surface area contributed by atoms with Gasteiger partial charge in [-0.25, -0.2) is 4.72 Å². The summed E-state index contributed by atoms with van der Waals surface area (Å²) in [5.74, 6) is 0. The molecule has 1 fully saturated rings. The fraction of sp³-hybridized carbons (Fsp3) is 1.00. The number of piperidine rings is 1. The van der Waals surface area contributed by atoms with Crippen molar-refractivity contribution in [2.45, 2.75) is 51.6 Å². The first-order valence-electron chi connectivity index (χ1n) is 5.78. The van der Waals surface area contributed by atoms with Crippen molar-refractivity contribution in [2.75, 3.05) is 13.1 Å². The lowest BCUT2D eigenvalue weighted by molar-refractivity contribution is 0.264. The molecule has 0 bridgehead atoms. The quantitative estimate of drug-likeness (QED) is 0.759. The van der Waals surface area contributed by atoms with Crippen molar-refractivity contribution in [2.24, 2.45) is 5.73 Å². The zero-order chi connectivity index (χ0) is 12.4. The van der Waals surface area contributed by atoms with E-state index in [0.29, 0.717) is 6.54 Å². The Morgan fingerprint density at radius 3 is 2.56 bits per heavy atom. The fourth-order valence-electron chi connectivity index (χ4n) is 1.79. The minimum Gasteiger partial charge on any atom is -0.324 e. The van der Waals surface area contributed by atoms with Crippen LogP contribution in [-0.4, -0.2) is 37.4 Å². The molecule has 96 valence electrons. The highest BCUT2D eigenvalue weighted by atomic mass is 32.2. The first-order chi connectivity index (χ1) is 7.22. The topological polar surface area (TPSA) is 75.4 Å². The van der Waals surface area contributed by atoms with Crippen molar-refractivity contribution < 1.29 is 8.42 Å². The van der Waals surface area contributed by atoms with Gasteiger partial charge < -0.3 is 5.73 Å². The Morgan fingerprint density at radius 2 is 2.06 bits per heavy atom. The molecule has 1 aliphatic heterocycles. The molecule has 0 aromatic heterocycles. The number of nitrogens with two attached hydrogens (primary N) is 1. The smallest absolute Gasteiger partial charge is 0.279 e. The lowest BCUT2D eigenvalue weighted by atomic mass is 10.1. The van der Waals surface area contributed by atoms with Gasteiger partial charge in [0, 0.05) is 24.7 Å². The fourth-order valence-corrected chi connectivity index (χ4v) is 3.46. The van der Waals surface area contributed by atoms with E-state index in [1.807, 2.05) is 6.92 Å². The number of hydrogen-bond acceptors (Lipinski definition) is 3. The molecule has 3 N–H and O–H groups in total. The molecular formula is C10H23N3O2S. The van der Waals surface area contributed by atoms with E-state index in [-0.39, 0.29) is 12.6 Å². The van der Waals surface area contributed by atoms with Gasteiger partial charge >= 0.3 is 0 Å². The molecule has 1 unspecified atom stereocenters. The van der Waals surface area contributed by atoms with Gasteiger partial charge in [-0.15, -0.1) is 0 Å². The minimum absolute atomic E-state index is 0.0899. The zero-order valence-corrected chi connectivity index (χ0v) is 11.2. The van der Waals surface area contributed by atoms with Crippen LogP contribution in [0, 0.1) is 0 Å². The molecule has 1 saturated heterocycles. The Balaban J connectivity index is 2.62. The van der Waals surface area contributed by atoms with Crippen LogP contribution in [-0.2, 0) is 10.2 Å². The van der Waals surface area contributed by atoms with E-state index in [1.54, 1.807) is 18.2 Å². The predicted molar refractivity (Wildman–Crippen MR) is 65.2 cm³/mol. The molecule has 16 heavy (non-hydrogen) atoms. The molecule has 0 aliphatic carbocycles. The Labute approximate surface area is 98.6 Å². The number of nitrogens with zero attached hydrogens (tertiary/aromatic N) is 1. The first-order valence-corrected chi connectivity index (χ1v) is 7.22. The second-order valence-electron chi connectivity index (χ2n) is 5.27. The van der Waals surface area contributed by atoms with Crippen LogP contribution in [0.3, 0.4) is 0 Å². The third kappa shape index (κ3) is 4.01. The molecule has 0 spiro atoms. The van der Waals surface area contributed by atoms with E-state index in [2.05, 4.69) is 4.72 Å². The van der Waals surface area contributed by atoms with E-state index in [0.717, 1.165) is 19.3 Å². The summed E-state index contributed by atoms with van der Waals surface area (Å²) in [5, 5.41) is 0.